The molecule has 0 aliphatic rings. The van der Waals surface area contributed by atoms with Crippen molar-refractivity contribution < 1.29 is 0 Å². The molecular formula is C17H22N2. The molecule has 2 nitrogen and oxygen atoms in total. The van der Waals surface area contributed by atoms with E-state index in [-0.39, 0.29) is 6.04 Å². The van der Waals surface area contributed by atoms with Crippen molar-refractivity contribution in [1.82, 2.24) is 0 Å². The average molecular weight is 254 g/mol. The van der Waals surface area contributed by atoms with Crippen LogP contribution in [-0.2, 0) is 0 Å². The first-order chi connectivity index (χ1) is 9.11. The quantitative estimate of drug-likeness (QED) is 0.898. The molecule has 0 aliphatic carbocycles. The predicted molar refractivity (Wildman–Crippen MR) is 83.4 cm³/mol. The summed E-state index contributed by atoms with van der Waals surface area (Å²) in [7, 11) is 4.10. The van der Waals surface area contributed by atoms with Gasteiger partial charge in [0.2, 0.25) is 0 Å². The molecule has 0 aliphatic heterocycles. The van der Waals surface area contributed by atoms with Crippen LogP contribution >= 0.6 is 0 Å². The molecule has 100 valence electrons. The fraction of sp³-hybridized carbons (Fsp3) is 0.294. The molecule has 0 saturated carbocycles. The Hall–Kier alpha value is -1.80. The lowest BCUT2D eigenvalue weighted by atomic mass is 10.00. The summed E-state index contributed by atoms with van der Waals surface area (Å²) in [5.74, 6) is 0. The van der Waals surface area contributed by atoms with E-state index in [4.69, 9.17) is 5.73 Å². The standard InChI is InChI=1S/C17H22N2/c1-4-17(18)15-7-5-13(6-8-15)14-9-11-16(12-10-14)19(2)3/h5-12,17H,4,18H2,1-3H3. The number of nitrogens with two attached hydrogens (primary N) is 1. The Kier molecular flexibility index (Phi) is 4.23. The molecule has 2 aromatic rings. The highest BCUT2D eigenvalue weighted by Gasteiger charge is 2.04. The van der Waals surface area contributed by atoms with Crippen LogP contribution in [0.3, 0.4) is 0 Å². The third-order valence-electron chi connectivity index (χ3n) is 3.50. The highest BCUT2D eigenvalue weighted by molar-refractivity contribution is 5.66. The van der Waals surface area contributed by atoms with Crippen molar-refractivity contribution in [2.75, 3.05) is 19.0 Å². The molecule has 2 N–H and O–H groups in total. The Morgan fingerprint density at radius 2 is 1.37 bits per heavy atom. The maximum Gasteiger partial charge on any atom is 0.0361 e. The summed E-state index contributed by atoms with van der Waals surface area (Å²) < 4.78 is 0. The van der Waals surface area contributed by atoms with Gasteiger partial charge in [0.15, 0.2) is 0 Å². The first kappa shape index (κ1) is 13.6. The third kappa shape index (κ3) is 3.15. The maximum atomic E-state index is 6.03. The van der Waals surface area contributed by atoms with Gasteiger partial charge in [0, 0.05) is 25.8 Å². The molecule has 0 heterocycles. The van der Waals surface area contributed by atoms with E-state index in [0.29, 0.717) is 0 Å². The van der Waals surface area contributed by atoms with Gasteiger partial charge < -0.3 is 10.6 Å². The van der Waals surface area contributed by atoms with Crippen molar-refractivity contribution >= 4 is 5.69 Å². The molecule has 0 saturated heterocycles. The normalized spacial score (nSPS) is 12.2. The Morgan fingerprint density at radius 3 is 1.79 bits per heavy atom. The van der Waals surface area contributed by atoms with Gasteiger partial charge in [-0.3, -0.25) is 0 Å². The van der Waals surface area contributed by atoms with Crippen LogP contribution in [0.15, 0.2) is 48.5 Å². The molecule has 0 bridgehead atoms. The Morgan fingerprint density at radius 1 is 0.895 bits per heavy atom. The molecule has 0 amide bonds. The maximum absolute atomic E-state index is 6.03. The van der Waals surface area contributed by atoms with E-state index >= 15 is 0 Å². The van der Waals surface area contributed by atoms with Gasteiger partial charge in [0.1, 0.15) is 0 Å². The van der Waals surface area contributed by atoms with Crippen molar-refractivity contribution in [1.29, 1.82) is 0 Å². The van der Waals surface area contributed by atoms with Crippen molar-refractivity contribution in [3.05, 3.63) is 54.1 Å². The molecule has 0 aromatic heterocycles. The fourth-order valence-corrected chi connectivity index (χ4v) is 2.11. The van der Waals surface area contributed by atoms with Crippen LogP contribution < -0.4 is 10.6 Å². The van der Waals surface area contributed by atoms with Crippen LogP contribution in [0.1, 0.15) is 24.9 Å². The van der Waals surface area contributed by atoms with Gasteiger partial charge in [0.05, 0.1) is 0 Å². The number of nitrogens with zero attached hydrogens (tertiary/aromatic N) is 1. The lowest BCUT2D eigenvalue weighted by Crippen LogP contribution is -2.08. The summed E-state index contributed by atoms with van der Waals surface area (Å²) in [5, 5.41) is 0. The highest BCUT2D eigenvalue weighted by atomic mass is 15.1. The van der Waals surface area contributed by atoms with E-state index in [2.05, 4.69) is 74.4 Å². The number of anilines is 1. The van der Waals surface area contributed by atoms with Crippen LogP contribution in [0.5, 0.6) is 0 Å². The van der Waals surface area contributed by atoms with E-state index < -0.39 is 0 Å². The van der Waals surface area contributed by atoms with Gasteiger partial charge in [-0.25, -0.2) is 0 Å². The van der Waals surface area contributed by atoms with Crippen LogP contribution in [0.4, 0.5) is 5.69 Å². The molecule has 1 unspecified atom stereocenters. The number of hydrogen-bond acceptors (Lipinski definition) is 2. The fourth-order valence-electron chi connectivity index (χ4n) is 2.11. The summed E-state index contributed by atoms with van der Waals surface area (Å²) >= 11 is 0. The number of rotatable bonds is 4. The second-order valence-electron chi connectivity index (χ2n) is 5.08. The zero-order valence-electron chi connectivity index (χ0n) is 11.9. The van der Waals surface area contributed by atoms with Gasteiger partial charge in [0.25, 0.3) is 0 Å². The first-order valence-electron chi connectivity index (χ1n) is 6.75. The monoisotopic (exact) mass is 254 g/mol. The zero-order valence-corrected chi connectivity index (χ0v) is 11.9. The summed E-state index contributed by atoms with van der Waals surface area (Å²) in [6.45, 7) is 2.11. The van der Waals surface area contributed by atoms with E-state index in [1.165, 1.54) is 22.4 Å². The van der Waals surface area contributed by atoms with Gasteiger partial charge >= 0.3 is 0 Å². The van der Waals surface area contributed by atoms with E-state index in [1.54, 1.807) is 0 Å². The largest absolute Gasteiger partial charge is 0.378 e. The van der Waals surface area contributed by atoms with Gasteiger partial charge in [-0.1, -0.05) is 43.3 Å². The van der Waals surface area contributed by atoms with Crippen LogP contribution in [0.2, 0.25) is 0 Å². The first-order valence-corrected chi connectivity index (χ1v) is 6.75. The lowest BCUT2D eigenvalue weighted by Gasteiger charge is -2.13. The second-order valence-corrected chi connectivity index (χ2v) is 5.08. The van der Waals surface area contributed by atoms with Crippen LogP contribution in [0.25, 0.3) is 11.1 Å². The molecule has 19 heavy (non-hydrogen) atoms. The third-order valence-corrected chi connectivity index (χ3v) is 3.50. The molecule has 2 rings (SSSR count). The summed E-state index contributed by atoms with van der Waals surface area (Å²) in [4.78, 5) is 2.10. The van der Waals surface area contributed by atoms with Crippen LogP contribution in [-0.4, -0.2) is 14.1 Å². The van der Waals surface area contributed by atoms with Crippen LogP contribution in [0, 0.1) is 0 Å². The van der Waals surface area contributed by atoms with Gasteiger partial charge in [-0.2, -0.15) is 0 Å². The van der Waals surface area contributed by atoms with Crippen molar-refractivity contribution in [3.63, 3.8) is 0 Å². The smallest absolute Gasteiger partial charge is 0.0361 e. The molecule has 2 aromatic carbocycles. The second kappa shape index (κ2) is 5.89. The molecule has 2 heteroatoms. The van der Waals surface area contributed by atoms with Crippen molar-refractivity contribution in [3.8, 4) is 11.1 Å². The Balaban J connectivity index is 2.22. The summed E-state index contributed by atoms with van der Waals surface area (Å²) in [5.41, 5.74) is 10.9. The highest BCUT2D eigenvalue weighted by Crippen LogP contribution is 2.24. The van der Waals surface area contributed by atoms with E-state index in [0.717, 1.165) is 6.42 Å². The Labute approximate surface area is 115 Å². The minimum absolute atomic E-state index is 0.144. The molecule has 0 radical (unpaired) electrons. The molecular weight excluding hydrogens is 232 g/mol. The average Bonchev–Trinajstić information content (AvgIpc) is 2.46. The SMILES string of the molecule is CCC(N)c1ccc(-c2ccc(N(C)C)cc2)cc1. The van der Waals surface area contributed by atoms with Crippen molar-refractivity contribution in [2.45, 2.75) is 19.4 Å². The lowest BCUT2D eigenvalue weighted by molar-refractivity contribution is 0.699. The zero-order chi connectivity index (χ0) is 13.8. The van der Waals surface area contributed by atoms with Crippen molar-refractivity contribution in [2.24, 2.45) is 5.73 Å². The minimum Gasteiger partial charge on any atom is -0.378 e. The summed E-state index contributed by atoms with van der Waals surface area (Å²) in [6, 6.07) is 17.3. The summed E-state index contributed by atoms with van der Waals surface area (Å²) in [6.07, 6.45) is 0.969. The topological polar surface area (TPSA) is 29.3 Å². The predicted octanol–water partition coefficient (Wildman–Crippen LogP) is 3.83. The van der Waals surface area contributed by atoms with E-state index in [1.807, 2.05) is 0 Å². The number of hydrogen-bond donors (Lipinski definition) is 1. The minimum atomic E-state index is 0.144. The number of benzene rings is 2. The molecule has 1 atom stereocenters. The molecule has 0 fully saturated rings. The van der Waals surface area contributed by atoms with Gasteiger partial charge in [-0.15, -0.1) is 0 Å². The van der Waals surface area contributed by atoms with Gasteiger partial charge in [-0.05, 0) is 35.2 Å². The van der Waals surface area contributed by atoms with E-state index in [9.17, 15) is 0 Å². The molecule has 0 spiro atoms. The Bertz CT molecular complexity index is 512.